The van der Waals surface area contributed by atoms with Crippen molar-refractivity contribution < 1.29 is 14.6 Å². The molecule has 1 aliphatic heterocycles. The average molecular weight is 376 g/mol. The molecule has 6 nitrogen and oxygen atoms in total. The predicted octanol–water partition coefficient (Wildman–Crippen LogP) is 2.99. The van der Waals surface area contributed by atoms with Gasteiger partial charge in [0.2, 0.25) is 5.88 Å². The first kappa shape index (κ1) is 18.9. The van der Waals surface area contributed by atoms with E-state index in [1.165, 1.54) is 45.1 Å². The molecule has 4 rings (SSSR count). The number of ether oxygens (including phenoxy) is 2. The van der Waals surface area contributed by atoms with E-state index in [4.69, 9.17) is 9.47 Å². The minimum atomic E-state index is -0.904. The van der Waals surface area contributed by atoms with Crippen LogP contribution < -0.4 is 9.47 Å². The van der Waals surface area contributed by atoms with Gasteiger partial charge in [-0.1, -0.05) is 25.7 Å². The monoisotopic (exact) mass is 375 g/mol. The zero-order valence-corrected chi connectivity index (χ0v) is 16.7. The Bertz CT molecular complexity index is 634. The largest absolute Gasteiger partial charge is 0.481 e. The van der Waals surface area contributed by atoms with Gasteiger partial charge < -0.3 is 19.5 Å². The summed E-state index contributed by atoms with van der Waals surface area (Å²) in [6, 6.07) is 0.277. The highest BCUT2D eigenvalue weighted by molar-refractivity contribution is 5.34. The molecule has 2 saturated carbocycles. The number of hydrogen-bond acceptors (Lipinski definition) is 6. The normalized spacial score (nSPS) is 32.3. The third-order valence-electron chi connectivity index (χ3n) is 7.09. The van der Waals surface area contributed by atoms with Crippen LogP contribution in [0, 0.1) is 17.8 Å². The van der Waals surface area contributed by atoms with E-state index >= 15 is 0 Å². The van der Waals surface area contributed by atoms with Gasteiger partial charge in [-0.3, -0.25) is 0 Å². The Labute approximate surface area is 162 Å². The van der Waals surface area contributed by atoms with Crippen molar-refractivity contribution in [2.24, 2.45) is 17.8 Å². The van der Waals surface area contributed by atoms with Gasteiger partial charge in [-0.25, -0.2) is 4.98 Å². The Hall–Kier alpha value is -1.40. The van der Waals surface area contributed by atoms with Crippen LogP contribution >= 0.6 is 0 Å². The number of methoxy groups -OCH3 is 2. The third kappa shape index (κ3) is 3.54. The molecule has 0 amide bonds. The molecule has 6 heteroatoms. The van der Waals surface area contributed by atoms with Crippen LogP contribution in [-0.4, -0.2) is 53.8 Å². The van der Waals surface area contributed by atoms with Gasteiger partial charge in [-0.15, -0.1) is 0 Å². The number of aliphatic hydroxyl groups is 1. The Morgan fingerprint density at radius 1 is 1.04 bits per heavy atom. The molecule has 1 saturated heterocycles. The molecule has 3 fully saturated rings. The number of nitrogens with zero attached hydrogens (tertiary/aromatic N) is 3. The fraction of sp³-hybridized carbons (Fsp3) is 0.810. The fourth-order valence-electron chi connectivity index (χ4n) is 5.75. The second kappa shape index (κ2) is 7.92. The number of rotatable bonds is 5. The lowest BCUT2D eigenvalue weighted by Crippen LogP contribution is -2.58. The average Bonchev–Trinajstić information content (AvgIpc) is 2.69. The van der Waals surface area contributed by atoms with Crippen molar-refractivity contribution in [2.75, 3.05) is 33.9 Å². The van der Waals surface area contributed by atoms with Crippen molar-refractivity contribution >= 4 is 0 Å². The molecule has 0 unspecified atom stereocenters. The fourth-order valence-corrected chi connectivity index (χ4v) is 5.75. The molecular weight excluding hydrogens is 342 g/mol. The van der Waals surface area contributed by atoms with E-state index in [2.05, 4.69) is 14.9 Å². The van der Waals surface area contributed by atoms with Gasteiger partial charge in [0.1, 0.15) is 5.60 Å². The van der Waals surface area contributed by atoms with Crippen LogP contribution in [0.5, 0.6) is 11.9 Å². The molecular formula is C21H33N3O3. The number of aromatic nitrogens is 2. The maximum Gasteiger partial charge on any atom is 0.319 e. The number of hydrogen-bond donors (Lipinski definition) is 1. The first-order chi connectivity index (χ1) is 13.1. The lowest BCUT2D eigenvalue weighted by molar-refractivity contribution is -0.150. The second-order valence-electron chi connectivity index (χ2n) is 8.65. The Morgan fingerprint density at radius 3 is 2.37 bits per heavy atom. The van der Waals surface area contributed by atoms with Gasteiger partial charge in [-0.2, -0.15) is 4.98 Å². The SMILES string of the molecule is COc1ncc(C2(O)[C@H]3CCC[C@H]2CN(CC2CCCCC2)C3)c(OC)n1. The van der Waals surface area contributed by atoms with Gasteiger partial charge in [0.05, 0.1) is 19.8 Å². The van der Waals surface area contributed by atoms with E-state index in [-0.39, 0.29) is 17.8 Å². The van der Waals surface area contributed by atoms with Crippen LogP contribution in [0.1, 0.15) is 56.9 Å². The van der Waals surface area contributed by atoms with Crippen LogP contribution in [0.3, 0.4) is 0 Å². The summed E-state index contributed by atoms with van der Waals surface area (Å²) < 4.78 is 10.7. The number of piperidine rings is 1. The van der Waals surface area contributed by atoms with Crippen LogP contribution in [0.15, 0.2) is 6.20 Å². The van der Waals surface area contributed by atoms with Crippen molar-refractivity contribution in [2.45, 2.75) is 57.0 Å². The van der Waals surface area contributed by atoms with Gasteiger partial charge in [0.15, 0.2) is 0 Å². The summed E-state index contributed by atoms with van der Waals surface area (Å²) in [5, 5.41) is 11.9. The molecule has 0 aromatic carbocycles. The predicted molar refractivity (Wildman–Crippen MR) is 103 cm³/mol. The Balaban J connectivity index is 1.57. The van der Waals surface area contributed by atoms with E-state index in [0.717, 1.165) is 37.4 Å². The highest BCUT2D eigenvalue weighted by Gasteiger charge is 2.53. The van der Waals surface area contributed by atoms with Crippen LogP contribution in [0.25, 0.3) is 0 Å². The topological polar surface area (TPSA) is 67.7 Å². The minimum Gasteiger partial charge on any atom is -0.481 e. The van der Waals surface area contributed by atoms with E-state index in [9.17, 15) is 5.11 Å². The molecule has 150 valence electrons. The molecule has 0 radical (unpaired) electrons. The van der Waals surface area contributed by atoms with Gasteiger partial charge >= 0.3 is 6.01 Å². The molecule has 2 heterocycles. The van der Waals surface area contributed by atoms with Crippen LogP contribution in [0.4, 0.5) is 0 Å². The van der Waals surface area contributed by atoms with Crippen molar-refractivity contribution in [1.29, 1.82) is 0 Å². The molecule has 1 aromatic rings. The zero-order valence-electron chi connectivity index (χ0n) is 16.7. The Morgan fingerprint density at radius 2 is 1.74 bits per heavy atom. The van der Waals surface area contributed by atoms with E-state index < -0.39 is 5.60 Å². The minimum absolute atomic E-state index is 0.208. The molecule has 1 N–H and O–H groups in total. The van der Waals surface area contributed by atoms with Crippen LogP contribution in [0.2, 0.25) is 0 Å². The van der Waals surface area contributed by atoms with Crippen molar-refractivity contribution in [1.82, 2.24) is 14.9 Å². The van der Waals surface area contributed by atoms with Gasteiger partial charge in [0, 0.05) is 37.7 Å². The molecule has 2 aliphatic carbocycles. The summed E-state index contributed by atoms with van der Waals surface area (Å²) >= 11 is 0. The first-order valence-electron chi connectivity index (χ1n) is 10.5. The third-order valence-corrected chi connectivity index (χ3v) is 7.09. The van der Waals surface area contributed by atoms with Crippen molar-refractivity contribution in [3.05, 3.63) is 11.8 Å². The highest BCUT2D eigenvalue weighted by atomic mass is 16.5. The smallest absolute Gasteiger partial charge is 0.319 e. The number of fused-ring (bicyclic) bond motifs is 2. The van der Waals surface area contributed by atoms with E-state index in [1.807, 2.05) is 0 Å². The first-order valence-corrected chi connectivity index (χ1v) is 10.5. The summed E-state index contributed by atoms with van der Waals surface area (Å²) in [6.45, 7) is 3.11. The quantitative estimate of drug-likeness (QED) is 0.853. The summed E-state index contributed by atoms with van der Waals surface area (Å²) in [5.41, 5.74) is -0.170. The van der Waals surface area contributed by atoms with E-state index in [1.54, 1.807) is 20.4 Å². The molecule has 2 bridgehead atoms. The van der Waals surface area contributed by atoms with Crippen LogP contribution in [-0.2, 0) is 5.60 Å². The van der Waals surface area contributed by atoms with Gasteiger partial charge in [0.25, 0.3) is 0 Å². The maximum absolute atomic E-state index is 11.9. The summed E-state index contributed by atoms with van der Waals surface area (Å²) in [6.07, 6.45) is 11.9. The van der Waals surface area contributed by atoms with Crippen molar-refractivity contribution in [3.63, 3.8) is 0 Å². The molecule has 27 heavy (non-hydrogen) atoms. The Kier molecular flexibility index (Phi) is 5.55. The zero-order chi connectivity index (χ0) is 18.9. The lowest BCUT2D eigenvalue weighted by atomic mass is 9.62. The summed E-state index contributed by atoms with van der Waals surface area (Å²) in [7, 11) is 3.14. The number of likely N-dealkylation sites (tertiary alicyclic amines) is 1. The maximum atomic E-state index is 11.9. The molecule has 0 spiro atoms. The van der Waals surface area contributed by atoms with E-state index in [0.29, 0.717) is 5.88 Å². The molecule has 1 aromatic heterocycles. The standard InChI is InChI=1S/C21H33N3O3/c1-26-19-18(11-22-20(23-19)27-2)21(25)16-9-6-10-17(21)14-24(13-16)12-15-7-4-3-5-8-15/h11,15-17,25H,3-10,12-14H2,1-2H3/t16-,17-/m0/s1. The lowest BCUT2D eigenvalue weighted by Gasteiger charge is -2.53. The summed E-state index contributed by atoms with van der Waals surface area (Å²) in [4.78, 5) is 11.2. The summed E-state index contributed by atoms with van der Waals surface area (Å²) in [5.74, 6) is 1.70. The molecule has 2 atom stereocenters. The van der Waals surface area contributed by atoms with Crippen molar-refractivity contribution in [3.8, 4) is 11.9 Å². The van der Waals surface area contributed by atoms with Gasteiger partial charge in [-0.05, 0) is 31.6 Å². The molecule has 3 aliphatic rings. The highest BCUT2D eigenvalue weighted by Crippen LogP contribution is 2.51. The second-order valence-corrected chi connectivity index (χ2v) is 8.65.